The fraction of sp³-hybridized carbons (Fsp3) is 0.500. The van der Waals surface area contributed by atoms with Crippen molar-refractivity contribution in [1.29, 1.82) is 0 Å². The maximum absolute atomic E-state index is 12.3. The zero-order valence-corrected chi connectivity index (χ0v) is 14.9. The minimum atomic E-state index is -3.92. The fourth-order valence-electron chi connectivity index (χ4n) is 1.77. The van der Waals surface area contributed by atoms with Crippen LogP contribution < -0.4 is 10.0 Å². The number of unbranched alkanes of at least 4 members (excludes halogenated alkanes) is 2. The van der Waals surface area contributed by atoms with Gasteiger partial charge in [0.1, 0.15) is 4.90 Å². The Morgan fingerprint density at radius 3 is 2.59 bits per heavy atom. The van der Waals surface area contributed by atoms with Crippen LogP contribution in [-0.4, -0.2) is 26.9 Å². The molecule has 22 heavy (non-hydrogen) atoms. The second kappa shape index (κ2) is 8.72. The molecule has 5 nitrogen and oxygen atoms in total. The lowest BCUT2D eigenvalue weighted by atomic mass is 10.2. The smallest absolute Gasteiger partial charge is 0.242 e. The van der Waals surface area contributed by atoms with Crippen LogP contribution in [-0.2, 0) is 14.8 Å². The van der Waals surface area contributed by atoms with E-state index in [1.165, 1.54) is 25.1 Å². The van der Waals surface area contributed by atoms with Crippen molar-refractivity contribution in [3.05, 3.63) is 28.2 Å². The van der Waals surface area contributed by atoms with Crippen molar-refractivity contribution in [2.24, 2.45) is 0 Å². The first-order valence-corrected chi connectivity index (χ1v) is 9.27. The summed E-state index contributed by atoms with van der Waals surface area (Å²) >= 11 is 11.7. The molecular formula is C14H20Cl2N2O3S. The summed E-state index contributed by atoms with van der Waals surface area (Å²) in [5.74, 6) is -0.377. The number of sulfonamides is 1. The van der Waals surface area contributed by atoms with Gasteiger partial charge in [-0.1, -0.05) is 43.0 Å². The Hall–Kier alpha value is -0.820. The lowest BCUT2D eigenvalue weighted by Gasteiger charge is -2.15. The fourth-order valence-corrected chi connectivity index (χ4v) is 3.74. The Morgan fingerprint density at radius 2 is 1.95 bits per heavy atom. The summed E-state index contributed by atoms with van der Waals surface area (Å²) in [6, 6.07) is 3.24. The Labute approximate surface area is 141 Å². The van der Waals surface area contributed by atoms with Crippen LogP contribution in [0.3, 0.4) is 0 Å². The van der Waals surface area contributed by atoms with Crippen molar-refractivity contribution in [3.63, 3.8) is 0 Å². The van der Waals surface area contributed by atoms with Crippen molar-refractivity contribution in [2.75, 3.05) is 6.54 Å². The van der Waals surface area contributed by atoms with Crippen molar-refractivity contribution >= 4 is 39.1 Å². The van der Waals surface area contributed by atoms with E-state index < -0.39 is 16.1 Å². The van der Waals surface area contributed by atoms with Gasteiger partial charge in [-0.2, -0.15) is 4.72 Å². The molecular weight excluding hydrogens is 347 g/mol. The van der Waals surface area contributed by atoms with E-state index in [1.807, 2.05) is 0 Å². The first-order chi connectivity index (χ1) is 10.3. The second-order valence-corrected chi connectivity index (χ2v) is 7.44. The molecule has 0 saturated heterocycles. The molecule has 0 radical (unpaired) electrons. The molecule has 0 heterocycles. The van der Waals surface area contributed by atoms with Crippen LogP contribution in [0.25, 0.3) is 0 Å². The Morgan fingerprint density at radius 1 is 1.27 bits per heavy atom. The van der Waals surface area contributed by atoms with Gasteiger partial charge in [0, 0.05) is 11.6 Å². The van der Waals surface area contributed by atoms with E-state index >= 15 is 0 Å². The van der Waals surface area contributed by atoms with Gasteiger partial charge in [0.15, 0.2) is 0 Å². The largest absolute Gasteiger partial charge is 0.355 e. The highest BCUT2D eigenvalue weighted by Gasteiger charge is 2.24. The van der Waals surface area contributed by atoms with Crippen LogP contribution >= 0.6 is 23.2 Å². The number of amides is 1. The van der Waals surface area contributed by atoms with Gasteiger partial charge in [-0.05, 0) is 31.5 Å². The number of nitrogens with one attached hydrogen (secondary N) is 2. The first-order valence-electron chi connectivity index (χ1n) is 7.03. The van der Waals surface area contributed by atoms with Crippen molar-refractivity contribution < 1.29 is 13.2 Å². The zero-order valence-electron chi connectivity index (χ0n) is 12.5. The van der Waals surface area contributed by atoms with E-state index in [1.54, 1.807) is 0 Å². The highest BCUT2D eigenvalue weighted by Crippen LogP contribution is 2.24. The molecule has 1 unspecified atom stereocenters. The predicted octanol–water partition coefficient (Wildman–Crippen LogP) is 2.97. The molecule has 0 bridgehead atoms. The number of halogens is 2. The summed E-state index contributed by atoms with van der Waals surface area (Å²) in [5, 5.41) is 2.99. The third kappa shape index (κ3) is 5.76. The van der Waals surface area contributed by atoms with E-state index in [0.717, 1.165) is 19.3 Å². The number of benzene rings is 1. The SMILES string of the molecule is CCCCCNC(=O)C(C)NS(=O)(=O)c1cc(Cl)ccc1Cl. The molecule has 0 aliphatic heterocycles. The number of hydrogen-bond donors (Lipinski definition) is 2. The zero-order chi connectivity index (χ0) is 16.8. The first kappa shape index (κ1) is 19.2. The van der Waals surface area contributed by atoms with Crippen LogP contribution in [0.5, 0.6) is 0 Å². The number of hydrogen-bond acceptors (Lipinski definition) is 3. The molecule has 1 amide bonds. The van der Waals surface area contributed by atoms with E-state index in [4.69, 9.17) is 23.2 Å². The third-order valence-corrected chi connectivity index (χ3v) is 5.24. The lowest BCUT2D eigenvalue weighted by molar-refractivity contribution is -0.122. The molecule has 0 spiro atoms. The average molecular weight is 367 g/mol. The predicted molar refractivity (Wildman–Crippen MR) is 88.8 cm³/mol. The van der Waals surface area contributed by atoms with E-state index in [-0.39, 0.29) is 20.8 Å². The molecule has 0 aromatic heterocycles. The Balaban J connectivity index is 2.71. The van der Waals surface area contributed by atoms with E-state index in [0.29, 0.717) is 6.54 Å². The van der Waals surface area contributed by atoms with Crippen LogP contribution in [0.4, 0.5) is 0 Å². The molecule has 0 aliphatic carbocycles. The second-order valence-electron chi connectivity index (χ2n) is 4.92. The van der Waals surface area contributed by atoms with E-state index in [2.05, 4.69) is 17.0 Å². The minimum absolute atomic E-state index is 0.0486. The Bertz CT molecular complexity index is 621. The minimum Gasteiger partial charge on any atom is -0.355 e. The summed E-state index contributed by atoms with van der Waals surface area (Å²) < 4.78 is 26.8. The van der Waals surface area contributed by atoms with Crippen molar-refractivity contribution in [1.82, 2.24) is 10.0 Å². The molecule has 8 heteroatoms. The molecule has 0 saturated carbocycles. The van der Waals surface area contributed by atoms with Gasteiger partial charge < -0.3 is 5.32 Å². The number of rotatable bonds is 8. The topological polar surface area (TPSA) is 75.3 Å². The van der Waals surface area contributed by atoms with Gasteiger partial charge in [-0.3, -0.25) is 4.79 Å². The molecule has 1 atom stereocenters. The van der Waals surface area contributed by atoms with Gasteiger partial charge in [-0.15, -0.1) is 0 Å². The van der Waals surface area contributed by atoms with E-state index in [9.17, 15) is 13.2 Å². The highest BCUT2D eigenvalue weighted by molar-refractivity contribution is 7.89. The monoisotopic (exact) mass is 366 g/mol. The average Bonchev–Trinajstić information content (AvgIpc) is 2.45. The summed E-state index contributed by atoms with van der Waals surface area (Å²) in [6.45, 7) is 4.06. The molecule has 1 aromatic rings. The molecule has 2 N–H and O–H groups in total. The Kier molecular flexibility index (Phi) is 7.62. The number of carbonyl (C=O) groups is 1. The van der Waals surface area contributed by atoms with Crippen LogP contribution in [0.2, 0.25) is 10.0 Å². The summed E-state index contributed by atoms with van der Waals surface area (Å²) in [7, 11) is -3.92. The van der Waals surface area contributed by atoms with Crippen molar-refractivity contribution in [2.45, 2.75) is 44.0 Å². The molecule has 124 valence electrons. The number of carbonyl (C=O) groups excluding carboxylic acids is 1. The van der Waals surface area contributed by atoms with Gasteiger partial charge in [0.2, 0.25) is 15.9 Å². The maximum Gasteiger partial charge on any atom is 0.242 e. The van der Waals surface area contributed by atoms with Gasteiger partial charge >= 0.3 is 0 Å². The van der Waals surface area contributed by atoms with Gasteiger partial charge in [0.25, 0.3) is 0 Å². The summed E-state index contributed by atoms with van der Waals surface area (Å²) in [6.07, 6.45) is 2.92. The summed E-state index contributed by atoms with van der Waals surface area (Å²) in [5.41, 5.74) is 0. The molecule has 0 fully saturated rings. The molecule has 1 rings (SSSR count). The molecule has 1 aromatic carbocycles. The normalized spacial score (nSPS) is 12.9. The summed E-state index contributed by atoms with van der Waals surface area (Å²) in [4.78, 5) is 11.7. The van der Waals surface area contributed by atoms with Crippen LogP contribution in [0.1, 0.15) is 33.1 Å². The van der Waals surface area contributed by atoms with Crippen LogP contribution in [0.15, 0.2) is 23.1 Å². The standard InChI is InChI=1S/C14H20Cl2N2O3S/c1-3-4-5-8-17-14(19)10(2)18-22(20,21)13-9-11(15)6-7-12(13)16/h6-7,9-10,18H,3-5,8H2,1-2H3,(H,17,19). The van der Waals surface area contributed by atoms with Gasteiger partial charge in [0.05, 0.1) is 11.1 Å². The van der Waals surface area contributed by atoms with Gasteiger partial charge in [-0.25, -0.2) is 8.42 Å². The highest BCUT2D eigenvalue weighted by atomic mass is 35.5. The maximum atomic E-state index is 12.3. The van der Waals surface area contributed by atoms with Crippen molar-refractivity contribution in [3.8, 4) is 0 Å². The quantitative estimate of drug-likeness (QED) is 0.694. The lowest BCUT2D eigenvalue weighted by Crippen LogP contribution is -2.45. The van der Waals surface area contributed by atoms with Crippen LogP contribution in [0, 0.1) is 0 Å². The molecule has 0 aliphatic rings. The third-order valence-electron chi connectivity index (χ3n) is 2.99.